The van der Waals surface area contributed by atoms with Gasteiger partial charge < -0.3 is 10.8 Å². The van der Waals surface area contributed by atoms with Crippen LogP contribution in [0.1, 0.15) is 12.8 Å². The molecule has 1 aliphatic rings. The molecule has 1 aromatic heterocycles. The molecule has 14 heavy (non-hydrogen) atoms. The van der Waals surface area contributed by atoms with E-state index < -0.39 is 5.54 Å². The highest BCUT2D eigenvalue weighted by atomic mass is 32.2. The zero-order valence-corrected chi connectivity index (χ0v) is 9.35. The van der Waals surface area contributed by atoms with E-state index in [0.29, 0.717) is 5.92 Å². The third-order valence-corrected chi connectivity index (χ3v) is 4.56. The topological polar surface area (TPSA) is 72.0 Å². The highest BCUT2D eigenvalue weighted by Crippen LogP contribution is 2.40. The van der Waals surface area contributed by atoms with Gasteiger partial charge in [-0.3, -0.25) is 0 Å². The summed E-state index contributed by atoms with van der Waals surface area (Å²) >= 11 is 2.96. The largest absolute Gasteiger partial charge is 0.394 e. The molecule has 6 heteroatoms. The molecule has 1 atom stereocenters. The highest BCUT2D eigenvalue weighted by Gasteiger charge is 2.41. The fourth-order valence-corrected chi connectivity index (χ4v) is 3.01. The van der Waals surface area contributed by atoms with Crippen LogP contribution in [0.25, 0.3) is 0 Å². The minimum Gasteiger partial charge on any atom is -0.394 e. The van der Waals surface area contributed by atoms with Crippen LogP contribution in [0, 0.1) is 5.92 Å². The summed E-state index contributed by atoms with van der Waals surface area (Å²) in [6, 6.07) is 0. The molecule has 0 aliphatic heterocycles. The molecule has 1 saturated carbocycles. The number of aromatic nitrogens is 2. The van der Waals surface area contributed by atoms with Crippen molar-refractivity contribution < 1.29 is 5.11 Å². The maximum absolute atomic E-state index is 9.25. The van der Waals surface area contributed by atoms with Gasteiger partial charge >= 0.3 is 0 Å². The lowest BCUT2D eigenvalue weighted by molar-refractivity contribution is 0.194. The van der Waals surface area contributed by atoms with Gasteiger partial charge in [-0.1, -0.05) is 11.8 Å². The van der Waals surface area contributed by atoms with Crippen LogP contribution in [0.4, 0.5) is 0 Å². The lowest BCUT2D eigenvalue weighted by Gasteiger charge is -2.25. The van der Waals surface area contributed by atoms with Crippen LogP contribution < -0.4 is 5.73 Å². The van der Waals surface area contributed by atoms with Crippen molar-refractivity contribution in [3.05, 3.63) is 6.33 Å². The summed E-state index contributed by atoms with van der Waals surface area (Å²) in [5.74, 6) is 1.22. The molecular weight excluding hydrogens is 218 g/mol. The van der Waals surface area contributed by atoms with Gasteiger partial charge in [-0.05, 0) is 30.3 Å². The van der Waals surface area contributed by atoms with Gasteiger partial charge in [0.25, 0.3) is 0 Å². The molecule has 1 aromatic rings. The van der Waals surface area contributed by atoms with Crippen LogP contribution in [0.15, 0.2) is 10.7 Å². The van der Waals surface area contributed by atoms with E-state index >= 15 is 0 Å². The van der Waals surface area contributed by atoms with Crippen LogP contribution in [-0.4, -0.2) is 32.4 Å². The first-order valence-electron chi connectivity index (χ1n) is 4.54. The third kappa shape index (κ3) is 2.25. The molecule has 0 bridgehead atoms. The summed E-state index contributed by atoms with van der Waals surface area (Å²) in [5, 5.41) is 9.25. The normalized spacial score (nSPS) is 20.7. The summed E-state index contributed by atoms with van der Waals surface area (Å²) in [6.45, 7) is 0.0590. The number of nitrogens with two attached hydrogens (primary N) is 1. The fourth-order valence-electron chi connectivity index (χ4n) is 1.37. The minimum atomic E-state index is -0.420. The number of hydrogen-bond acceptors (Lipinski definition) is 6. The summed E-state index contributed by atoms with van der Waals surface area (Å²) < 4.78 is 4.84. The van der Waals surface area contributed by atoms with Crippen molar-refractivity contribution >= 4 is 23.3 Å². The second-order valence-corrected chi connectivity index (χ2v) is 5.66. The highest BCUT2D eigenvalue weighted by molar-refractivity contribution is 8.01. The van der Waals surface area contributed by atoms with Crippen LogP contribution in [-0.2, 0) is 0 Å². The van der Waals surface area contributed by atoms with Crippen molar-refractivity contribution in [3.8, 4) is 0 Å². The zero-order chi connectivity index (χ0) is 10.0. The molecule has 0 aromatic carbocycles. The average molecular weight is 231 g/mol. The summed E-state index contributed by atoms with van der Waals surface area (Å²) in [5.41, 5.74) is 5.68. The van der Waals surface area contributed by atoms with Crippen LogP contribution >= 0.6 is 23.3 Å². The molecule has 2 rings (SSSR count). The average Bonchev–Trinajstić information content (AvgIpc) is 2.94. The number of hydrogen-bond donors (Lipinski definition) is 2. The molecule has 1 aliphatic carbocycles. The lowest BCUT2D eigenvalue weighted by Crippen LogP contribution is -2.48. The quantitative estimate of drug-likeness (QED) is 0.731. The Morgan fingerprint density at radius 2 is 2.50 bits per heavy atom. The minimum absolute atomic E-state index is 0.0590. The predicted octanol–water partition coefficient (Wildman–Crippen LogP) is 0.730. The van der Waals surface area contributed by atoms with Crippen LogP contribution in [0.2, 0.25) is 0 Å². The van der Waals surface area contributed by atoms with Crippen molar-refractivity contribution in [1.29, 1.82) is 0 Å². The Balaban J connectivity index is 1.89. The molecule has 1 fully saturated rings. The first-order valence-corrected chi connectivity index (χ1v) is 6.30. The molecule has 0 saturated heterocycles. The molecule has 1 unspecified atom stereocenters. The Kier molecular flexibility index (Phi) is 3.06. The Bertz CT molecular complexity index is 289. The van der Waals surface area contributed by atoms with Crippen molar-refractivity contribution in [2.45, 2.75) is 22.7 Å². The predicted molar refractivity (Wildman–Crippen MR) is 57.4 cm³/mol. The smallest absolute Gasteiger partial charge is 0.169 e. The van der Waals surface area contributed by atoms with Crippen molar-refractivity contribution in [3.63, 3.8) is 0 Å². The van der Waals surface area contributed by atoms with E-state index in [4.69, 9.17) is 5.73 Å². The van der Waals surface area contributed by atoms with Gasteiger partial charge in [0.15, 0.2) is 4.34 Å². The van der Waals surface area contributed by atoms with Gasteiger partial charge in [0.1, 0.15) is 6.33 Å². The zero-order valence-electron chi connectivity index (χ0n) is 7.72. The molecule has 0 amide bonds. The Morgan fingerprint density at radius 1 is 1.71 bits per heavy atom. The van der Waals surface area contributed by atoms with Gasteiger partial charge in [-0.25, -0.2) is 4.98 Å². The van der Waals surface area contributed by atoms with Gasteiger partial charge in [0, 0.05) is 5.75 Å². The Hall–Kier alpha value is -0.170. The van der Waals surface area contributed by atoms with Crippen molar-refractivity contribution in [2.75, 3.05) is 12.4 Å². The maximum atomic E-state index is 9.25. The molecule has 4 nitrogen and oxygen atoms in total. The number of aliphatic hydroxyl groups is 1. The first kappa shape index (κ1) is 10.4. The van der Waals surface area contributed by atoms with E-state index in [-0.39, 0.29) is 6.61 Å². The Morgan fingerprint density at radius 3 is 3.00 bits per heavy atom. The second kappa shape index (κ2) is 4.14. The first-order chi connectivity index (χ1) is 6.74. The van der Waals surface area contributed by atoms with Crippen LogP contribution in [0.5, 0.6) is 0 Å². The summed E-state index contributed by atoms with van der Waals surface area (Å²) in [4.78, 5) is 4.07. The molecule has 3 N–H and O–H groups in total. The van der Waals surface area contributed by atoms with E-state index in [9.17, 15) is 5.11 Å². The Labute approximate surface area is 91.1 Å². The summed E-state index contributed by atoms with van der Waals surface area (Å²) in [7, 11) is 0. The molecule has 0 spiro atoms. The number of nitrogens with zero attached hydrogens (tertiary/aromatic N) is 2. The lowest BCUT2D eigenvalue weighted by atomic mass is 9.99. The number of thioether (sulfide) groups is 1. The van der Waals surface area contributed by atoms with Gasteiger partial charge in [0.05, 0.1) is 12.1 Å². The monoisotopic (exact) mass is 231 g/mol. The maximum Gasteiger partial charge on any atom is 0.169 e. The van der Waals surface area contributed by atoms with Crippen LogP contribution in [0.3, 0.4) is 0 Å². The number of aliphatic hydroxyl groups excluding tert-OH is 1. The van der Waals surface area contributed by atoms with Gasteiger partial charge in [-0.2, -0.15) is 4.37 Å². The van der Waals surface area contributed by atoms with E-state index in [2.05, 4.69) is 9.36 Å². The second-order valence-electron chi connectivity index (χ2n) is 3.66. The molecule has 0 radical (unpaired) electrons. The van der Waals surface area contributed by atoms with E-state index in [0.717, 1.165) is 22.9 Å². The number of rotatable bonds is 5. The van der Waals surface area contributed by atoms with E-state index in [1.807, 2.05) is 0 Å². The molecule has 78 valence electrons. The molecular formula is C8H13N3OS2. The van der Waals surface area contributed by atoms with Gasteiger partial charge in [-0.15, -0.1) is 0 Å². The van der Waals surface area contributed by atoms with E-state index in [1.54, 1.807) is 18.1 Å². The SMILES string of the molecule is NC(CO)(CSc1ncns1)C1CC1. The standard InChI is InChI=1S/C8H13N3OS2/c9-8(3-12,6-1-2-6)4-13-7-10-5-11-14-7/h5-6,12H,1-4,9H2. The van der Waals surface area contributed by atoms with Crippen molar-refractivity contribution in [2.24, 2.45) is 11.7 Å². The van der Waals surface area contributed by atoms with Gasteiger partial charge in [0.2, 0.25) is 0 Å². The summed E-state index contributed by atoms with van der Waals surface area (Å²) in [6.07, 6.45) is 3.84. The fraction of sp³-hybridized carbons (Fsp3) is 0.750. The third-order valence-electron chi connectivity index (χ3n) is 2.49. The van der Waals surface area contributed by atoms with Crippen molar-refractivity contribution in [1.82, 2.24) is 9.36 Å². The molecule has 1 heterocycles. The van der Waals surface area contributed by atoms with E-state index in [1.165, 1.54) is 11.5 Å².